The van der Waals surface area contributed by atoms with Crippen molar-refractivity contribution in [2.45, 2.75) is 13.8 Å². The third-order valence-corrected chi connectivity index (χ3v) is 4.36. The average Bonchev–Trinajstić information content (AvgIpc) is 3.27. The van der Waals surface area contributed by atoms with Crippen molar-refractivity contribution in [2.24, 2.45) is 0 Å². The van der Waals surface area contributed by atoms with E-state index in [-0.39, 0.29) is 5.57 Å². The summed E-state index contributed by atoms with van der Waals surface area (Å²) in [6.07, 6.45) is 1.37. The predicted octanol–water partition coefficient (Wildman–Crippen LogP) is 5.07. The van der Waals surface area contributed by atoms with Crippen LogP contribution in [-0.4, -0.2) is 25.1 Å². The molecule has 0 fully saturated rings. The first kappa shape index (κ1) is 22.4. The van der Waals surface area contributed by atoms with Gasteiger partial charge in [-0.05, 0) is 50.2 Å². The lowest BCUT2D eigenvalue weighted by Crippen LogP contribution is -2.13. The summed E-state index contributed by atoms with van der Waals surface area (Å²) >= 11 is 0. The minimum atomic E-state index is -0.558. The lowest BCUT2D eigenvalue weighted by atomic mass is 10.1. The highest BCUT2D eigenvalue weighted by Gasteiger charge is 2.13. The maximum absolute atomic E-state index is 12.5. The molecule has 162 valence electrons. The van der Waals surface area contributed by atoms with Gasteiger partial charge >= 0.3 is 5.97 Å². The summed E-state index contributed by atoms with van der Waals surface area (Å²) in [6.45, 7) is 4.43. The molecule has 32 heavy (non-hydrogen) atoms. The van der Waals surface area contributed by atoms with Gasteiger partial charge in [0, 0.05) is 23.4 Å². The van der Waals surface area contributed by atoms with Gasteiger partial charge in [-0.15, -0.1) is 0 Å². The summed E-state index contributed by atoms with van der Waals surface area (Å²) in [5, 5.41) is 12.1. The first-order chi connectivity index (χ1) is 15.5. The van der Waals surface area contributed by atoms with Crippen molar-refractivity contribution in [3.05, 3.63) is 77.6 Å². The minimum absolute atomic E-state index is 0.106. The number of anilines is 1. The monoisotopic (exact) mass is 430 g/mol. The van der Waals surface area contributed by atoms with Gasteiger partial charge in [0.05, 0.1) is 18.8 Å². The van der Waals surface area contributed by atoms with E-state index in [2.05, 4.69) is 5.32 Å². The van der Waals surface area contributed by atoms with Gasteiger partial charge in [0.15, 0.2) is 0 Å². The molecule has 0 aliphatic heterocycles. The standard InChI is InChI=1S/C25H22N2O5/c1-3-30-21-7-5-6-20(15-21)27-24(28)19(16-26)14-22-12-13-23(32-22)17-8-10-18(11-9-17)25(29)31-4-2/h5-15H,3-4H2,1-2H3,(H,27,28)/b19-14+. The molecule has 0 saturated heterocycles. The molecule has 7 nitrogen and oxygen atoms in total. The van der Waals surface area contributed by atoms with Gasteiger partial charge in [0.25, 0.3) is 5.91 Å². The largest absolute Gasteiger partial charge is 0.494 e. The Bertz CT molecular complexity index is 1170. The first-order valence-electron chi connectivity index (χ1n) is 10.1. The van der Waals surface area contributed by atoms with Gasteiger partial charge in [-0.3, -0.25) is 4.79 Å². The van der Waals surface area contributed by atoms with Gasteiger partial charge in [-0.1, -0.05) is 18.2 Å². The molecule has 1 N–H and O–H groups in total. The van der Waals surface area contributed by atoms with Crippen molar-refractivity contribution in [1.82, 2.24) is 0 Å². The van der Waals surface area contributed by atoms with E-state index in [1.54, 1.807) is 67.6 Å². The Hall–Kier alpha value is -4.31. The molecule has 0 saturated carbocycles. The molecule has 1 heterocycles. The highest BCUT2D eigenvalue weighted by Crippen LogP contribution is 2.24. The lowest BCUT2D eigenvalue weighted by Gasteiger charge is -2.07. The zero-order valence-corrected chi connectivity index (χ0v) is 17.8. The summed E-state index contributed by atoms with van der Waals surface area (Å²) in [5.74, 6) is 0.562. The van der Waals surface area contributed by atoms with E-state index in [9.17, 15) is 14.9 Å². The van der Waals surface area contributed by atoms with Crippen LogP contribution in [0.5, 0.6) is 5.75 Å². The highest BCUT2D eigenvalue weighted by molar-refractivity contribution is 6.09. The number of furan rings is 1. The van der Waals surface area contributed by atoms with E-state index < -0.39 is 11.9 Å². The normalized spacial score (nSPS) is 10.8. The second-order valence-electron chi connectivity index (χ2n) is 6.58. The minimum Gasteiger partial charge on any atom is -0.494 e. The molecule has 1 aromatic heterocycles. The van der Waals surface area contributed by atoms with Crippen LogP contribution in [0.25, 0.3) is 17.4 Å². The van der Waals surface area contributed by atoms with Crippen molar-refractivity contribution < 1.29 is 23.5 Å². The van der Waals surface area contributed by atoms with Crippen LogP contribution in [-0.2, 0) is 9.53 Å². The van der Waals surface area contributed by atoms with Crippen molar-refractivity contribution in [1.29, 1.82) is 5.26 Å². The van der Waals surface area contributed by atoms with E-state index in [1.807, 2.05) is 13.0 Å². The zero-order valence-electron chi connectivity index (χ0n) is 17.8. The topological polar surface area (TPSA) is 102 Å². The van der Waals surface area contributed by atoms with E-state index in [1.165, 1.54) is 6.08 Å². The third-order valence-electron chi connectivity index (χ3n) is 4.36. The Kier molecular flexibility index (Phi) is 7.44. The van der Waals surface area contributed by atoms with Crippen LogP contribution in [0.1, 0.15) is 30.0 Å². The number of ether oxygens (including phenoxy) is 2. The molecule has 1 amide bonds. The maximum atomic E-state index is 12.5. The Morgan fingerprint density at radius 1 is 1.06 bits per heavy atom. The Morgan fingerprint density at radius 3 is 2.53 bits per heavy atom. The molecule has 3 rings (SSSR count). The highest BCUT2D eigenvalue weighted by atomic mass is 16.5. The molecule has 0 radical (unpaired) electrons. The smallest absolute Gasteiger partial charge is 0.338 e. The van der Waals surface area contributed by atoms with Crippen LogP contribution in [0.4, 0.5) is 5.69 Å². The van der Waals surface area contributed by atoms with Crippen LogP contribution in [0, 0.1) is 11.3 Å². The Morgan fingerprint density at radius 2 is 1.84 bits per heavy atom. The van der Waals surface area contributed by atoms with E-state index >= 15 is 0 Å². The Balaban J connectivity index is 1.73. The van der Waals surface area contributed by atoms with Gasteiger partial charge < -0.3 is 19.2 Å². The summed E-state index contributed by atoms with van der Waals surface area (Å²) in [7, 11) is 0. The number of esters is 1. The zero-order chi connectivity index (χ0) is 22.9. The second kappa shape index (κ2) is 10.6. The third kappa shape index (κ3) is 5.64. The fraction of sp³-hybridized carbons (Fsp3) is 0.160. The number of rotatable bonds is 8. The van der Waals surface area contributed by atoms with Crippen molar-refractivity contribution >= 4 is 23.6 Å². The predicted molar refractivity (Wildman–Crippen MR) is 120 cm³/mol. The second-order valence-corrected chi connectivity index (χ2v) is 6.58. The molecule has 0 aliphatic carbocycles. The lowest BCUT2D eigenvalue weighted by molar-refractivity contribution is -0.112. The molecule has 0 bridgehead atoms. The number of carbonyl (C=O) groups is 2. The molecule has 3 aromatic rings. The Labute approximate surface area is 185 Å². The van der Waals surface area contributed by atoms with Crippen LogP contribution in [0.2, 0.25) is 0 Å². The summed E-state index contributed by atoms with van der Waals surface area (Å²) in [5.41, 5.74) is 1.60. The van der Waals surface area contributed by atoms with E-state index in [0.717, 1.165) is 5.56 Å². The van der Waals surface area contributed by atoms with E-state index in [4.69, 9.17) is 13.9 Å². The first-order valence-corrected chi connectivity index (χ1v) is 10.1. The quantitative estimate of drug-likeness (QED) is 0.304. The van der Waals surface area contributed by atoms with Crippen LogP contribution < -0.4 is 10.1 Å². The van der Waals surface area contributed by atoms with Crippen molar-refractivity contribution in [3.63, 3.8) is 0 Å². The SMILES string of the molecule is CCOC(=O)c1ccc(-c2ccc(/C=C(\C#N)C(=O)Nc3cccc(OCC)c3)o2)cc1. The van der Waals surface area contributed by atoms with Crippen LogP contribution >= 0.6 is 0 Å². The summed E-state index contributed by atoms with van der Waals surface area (Å²) in [4.78, 5) is 24.3. The van der Waals surface area contributed by atoms with E-state index in [0.29, 0.717) is 41.7 Å². The molecular formula is C25H22N2O5. The van der Waals surface area contributed by atoms with Crippen molar-refractivity contribution in [2.75, 3.05) is 18.5 Å². The van der Waals surface area contributed by atoms with Crippen molar-refractivity contribution in [3.8, 4) is 23.1 Å². The fourth-order valence-corrected chi connectivity index (χ4v) is 2.89. The number of amides is 1. The molecular weight excluding hydrogens is 408 g/mol. The van der Waals surface area contributed by atoms with Crippen LogP contribution in [0.3, 0.4) is 0 Å². The molecule has 0 aliphatic rings. The average molecular weight is 430 g/mol. The molecule has 2 aromatic carbocycles. The summed E-state index contributed by atoms with van der Waals surface area (Å²) < 4.78 is 16.1. The van der Waals surface area contributed by atoms with Gasteiger partial charge in [0.1, 0.15) is 28.9 Å². The summed E-state index contributed by atoms with van der Waals surface area (Å²) in [6, 6.07) is 19.0. The number of nitriles is 1. The molecule has 0 spiro atoms. The molecule has 0 atom stereocenters. The number of hydrogen-bond acceptors (Lipinski definition) is 6. The number of nitrogens with one attached hydrogen (secondary N) is 1. The molecule has 7 heteroatoms. The fourth-order valence-electron chi connectivity index (χ4n) is 2.89. The van der Waals surface area contributed by atoms with Crippen LogP contribution in [0.15, 0.2) is 70.7 Å². The van der Waals surface area contributed by atoms with Gasteiger partial charge in [-0.25, -0.2) is 4.79 Å². The van der Waals surface area contributed by atoms with Gasteiger partial charge in [-0.2, -0.15) is 5.26 Å². The number of carbonyl (C=O) groups excluding carboxylic acids is 2. The van der Waals surface area contributed by atoms with Gasteiger partial charge in [0.2, 0.25) is 0 Å². The maximum Gasteiger partial charge on any atom is 0.338 e. The number of nitrogens with zero attached hydrogens (tertiary/aromatic N) is 1. The molecule has 0 unspecified atom stereocenters. The number of hydrogen-bond donors (Lipinski definition) is 1. The number of benzene rings is 2.